The van der Waals surface area contributed by atoms with Crippen LogP contribution < -0.4 is 0 Å². The molecule has 0 radical (unpaired) electrons. The van der Waals surface area contributed by atoms with E-state index in [0.29, 0.717) is 19.8 Å². The van der Waals surface area contributed by atoms with Gasteiger partial charge >= 0.3 is 12.1 Å². The lowest BCUT2D eigenvalue weighted by atomic mass is 10.1. The highest BCUT2D eigenvalue weighted by atomic mass is 16.7. The number of hydrogen-bond donors (Lipinski definition) is 0. The largest absolute Gasteiger partial charge is 0.508 e. The topological polar surface area (TPSA) is 74.3 Å². The minimum absolute atomic E-state index is 0.0205. The van der Waals surface area contributed by atoms with E-state index in [1.54, 1.807) is 0 Å². The molecule has 7 nitrogen and oxygen atoms in total. The Bertz CT molecular complexity index is 885. The Morgan fingerprint density at radius 2 is 1.06 bits per heavy atom. The van der Waals surface area contributed by atoms with Crippen LogP contribution in [-0.2, 0) is 23.7 Å². The first-order valence-electron chi connectivity index (χ1n) is 22.1. The van der Waals surface area contributed by atoms with Gasteiger partial charge in [-0.3, -0.25) is 4.79 Å². The molecule has 0 spiro atoms. The summed E-state index contributed by atoms with van der Waals surface area (Å²) in [6.45, 7) is 8.37. The molecule has 310 valence electrons. The molecule has 0 aliphatic rings. The van der Waals surface area contributed by atoms with Gasteiger partial charge in [-0.25, -0.2) is 4.79 Å². The van der Waals surface area contributed by atoms with Crippen LogP contribution in [0, 0.1) is 0 Å². The number of rotatable bonds is 39. The highest BCUT2D eigenvalue weighted by Gasteiger charge is 2.16. The Kier molecular flexibility index (Phi) is 39.4. The van der Waals surface area contributed by atoms with Crippen LogP contribution in [0.3, 0.4) is 0 Å². The summed E-state index contributed by atoms with van der Waals surface area (Å²) in [5.41, 5.74) is 0. The number of carbonyl (C=O) groups is 2. The van der Waals surface area contributed by atoms with Crippen LogP contribution in [0.2, 0.25) is 0 Å². The molecule has 0 rings (SSSR count). The molecule has 2 atom stereocenters. The first-order chi connectivity index (χ1) is 25.9. The Morgan fingerprint density at radius 1 is 0.547 bits per heavy atom. The summed E-state index contributed by atoms with van der Waals surface area (Å²) in [5, 5.41) is 0. The molecule has 0 saturated carbocycles. The van der Waals surface area contributed by atoms with Gasteiger partial charge < -0.3 is 23.8 Å². The minimum Gasteiger partial charge on any atom is -0.462 e. The predicted molar refractivity (Wildman–Crippen MR) is 225 cm³/mol. The van der Waals surface area contributed by atoms with Crippen molar-refractivity contribution in [2.24, 2.45) is 0 Å². The highest BCUT2D eigenvalue weighted by Crippen LogP contribution is 2.15. The number of ether oxygens (including phenoxy) is 4. The first-order valence-corrected chi connectivity index (χ1v) is 22.1. The van der Waals surface area contributed by atoms with Gasteiger partial charge in [0.15, 0.2) is 0 Å². The maximum atomic E-state index is 12.4. The van der Waals surface area contributed by atoms with Crippen LogP contribution in [-0.4, -0.2) is 69.7 Å². The third-order valence-electron chi connectivity index (χ3n) is 9.45. The maximum absolute atomic E-state index is 12.4. The van der Waals surface area contributed by atoms with E-state index in [4.69, 9.17) is 18.9 Å². The second-order valence-corrected chi connectivity index (χ2v) is 15.1. The predicted octanol–water partition coefficient (Wildman–Crippen LogP) is 13.3. The van der Waals surface area contributed by atoms with Crippen molar-refractivity contribution in [2.75, 3.05) is 40.5 Å². The van der Waals surface area contributed by atoms with Crippen molar-refractivity contribution in [1.29, 1.82) is 0 Å². The molecule has 0 heterocycles. The van der Waals surface area contributed by atoms with Crippen LogP contribution in [0.4, 0.5) is 4.79 Å². The lowest BCUT2D eigenvalue weighted by molar-refractivity contribution is -0.146. The van der Waals surface area contributed by atoms with E-state index in [-0.39, 0.29) is 18.2 Å². The lowest BCUT2D eigenvalue weighted by Gasteiger charge is -2.18. The van der Waals surface area contributed by atoms with E-state index < -0.39 is 6.16 Å². The van der Waals surface area contributed by atoms with E-state index >= 15 is 0 Å². The Balaban J connectivity index is 4.14. The van der Waals surface area contributed by atoms with Crippen molar-refractivity contribution in [3.05, 3.63) is 36.5 Å². The van der Waals surface area contributed by atoms with Gasteiger partial charge in [0.2, 0.25) is 0 Å². The molecule has 2 unspecified atom stereocenters. The van der Waals surface area contributed by atoms with E-state index in [2.05, 4.69) is 55.2 Å². The van der Waals surface area contributed by atoms with Crippen LogP contribution in [0.15, 0.2) is 36.5 Å². The monoisotopic (exact) mass is 748 g/mol. The fraction of sp³-hybridized carbons (Fsp3) is 0.826. The smallest absolute Gasteiger partial charge is 0.462 e. The summed E-state index contributed by atoms with van der Waals surface area (Å²) in [6.07, 6.45) is 43.8. The number of hydrogen-bond acceptors (Lipinski definition) is 7. The van der Waals surface area contributed by atoms with Gasteiger partial charge in [0.05, 0.1) is 13.2 Å². The van der Waals surface area contributed by atoms with Gasteiger partial charge in [0.25, 0.3) is 0 Å². The molecule has 7 heteroatoms. The summed E-state index contributed by atoms with van der Waals surface area (Å²) >= 11 is 0. The van der Waals surface area contributed by atoms with Crippen molar-refractivity contribution < 1.29 is 28.5 Å². The van der Waals surface area contributed by atoms with Crippen molar-refractivity contribution in [2.45, 2.75) is 206 Å². The van der Waals surface area contributed by atoms with Gasteiger partial charge in [-0.2, -0.15) is 0 Å². The number of esters is 1. The summed E-state index contributed by atoms with van der Waals surface area (Å²) < 4.78 is 22.5. The second kappa shape index (κ2) is 41.1. The van der Waals surface area contributed by atoms with Crippen LogP contribution in [0.25, 0.3) is 0 Å². The Labute approximate surface area is 328 Å². The summed E-state index contributed by atoms with van der Waals surface area (Å²) in [6, 6.07) is 0. The average molecular weight is 748 g/mol. The molecule has 0 saturated heterocycles. The van der Waals surface area contributed by atoms with Crippen LogP contribution in [0.5, 0.6) is 0 Å². The Hall–Kier alpha value is -2.12. The quantitative estimate of drug-likeness (QED) is 0.0352. The van der Waals surface area contributed by atoms with E-state index in [9.17, 15) is 9.59 Å². The molecule has 0 N–H and O–H groups in total. The number of unbranched alkanes of at least 4 members (excludes halogenated alkanes) is 18. The number of nitrogens with zero attached hydrogens (tertiary/aromatic N) is 1. The molecule has 53 heavy (non-hydrogen) atoms. The summed E-state index contributed by atoms with van der Waals surface area (Å²) in [7, 11) is 4.03. The second-order valence-electron chi connectivity index (χ2n) is 15.1. The normalized spacial score (nSPS) is 13.1. The van der Waals surface area contributed by atoms with Crippen molar-refractivity contribution in [3.8, 4) is 0 Å². The number of allylic oxidation sites excluding steroid dienone is 5. The average Bonchev–Trinajstić information content (AvgIpc) is 3.13. The fourth-order valence-electron chi connectivity index (χ4n) is 6.26. The van der Waals surface area contributed by atoms with Crippen LogP contribution in [0.1, 0.15) is 194 Å². The maximum Gasteiger partial charge on any atom is 0.508 e. The molecule has 0 aromatic rings. The molecule has 0 aromatic carbocycles. The number of carbonyl (C=O) groups excluding carboxylic acids is 2. The SMILES string of the molecule is CCCCC/C=C\C/C=C\CCCCCCCCC(COCCCCCCCC/C=C\CC(CCCCCC)OC(C)=O)OC(=O)OCCCN(C)C. The van der Waals surface area contributed by atoms with E-state index in [1.165, 1.54) is 110 Å². The molecule has 0 aliphatic heterocycles. The highest BCUT2D eigenvalue weighted by molar-refractivity contribution is 5.66. The van der Waals surface area contributed by atoms with Gasteiger partial charge in [0, 0.05) is 26.5 Å². The standard InChI is InChI=1S/C46H85NO6/c1-6-8-10-12-13-14-15-16-17-18-19-20-22-26-29-33-38-45(53-46(49)51-41-35-39-47(4)5)42-50-40-34-30-27-24-21-23-25-28-32-37-44(52-43(3)48)36-31-11-9-7-2/h13-14,16-17,28,32,44-45H,6-12,15,18-27,29-31,33-42H2,1-5H3/b14-13-,17-16-,32-28-. The van der Waals surface area contributed by atoms with Gasteiger partial charge in [-0.05, 0) is 97.6 Å². The Morgan fingerprint density at radius 3 is 1.66 bits per heavy atom. The summed E-state index contributed by atoms with van der Waals surface area (Å²) in [4.78, 5) is 25.9. The van der Waals surface area contributed by atoms with Gasteiger partial charge in [0.1, 0.15) is 12.2 Å². The van der Waals surface area contributed by atoms with Gasteiger partial charge in [-0.1, -0.05) is 134 Å². The zero-order valence-electron chi connectivity index (χ0n) is 35.4. The third-order valence-corrected chi connectivity index (χ3v) is 9.45. The first kappa shape index (κ1) is 50.9. The molecular weight excluding hydrogens is 663 g/mol. The zero-order valence-corrected chi connectivity index (χ0v) is 35.4. The zero-order chi connectivity index (χ0) is 38.9. The molecule has 0 bridgehead atoms. The van der Waals surface area contributed by atoms with Gasteiger partial charge in [-0.15, -0.1) is 0 Å². The van der Waals surface area contributed by atoms with E-state index in [1.807, 2.05) is 14.1 Å². The fourth-order valence-corrected chi connectivity index (χ4v) is 6.26. The third kappa shape index (κ3) is 40.9. The minimum atomic E-state index is -0.570. The van der Waals surface area contributed by atoms with Crippen molar-refractivity contribution in [3.63, 3.8) is 0 Å². The van der Waals surface area contributed by atoms with E-state index in [0.717, 1.165) is 77.2 Å². The summed E-state index contributed by atoms with van der Waals surface area (Å²) in [5.74, 6) is -0.174. The molecular formula is C46H85NO6. The van der Waals surface area contributed by atoms with Crippen LogP contribution >= 0.6 is 0 Å². The molecule has 0 fully saturated rings. The molecule has 0 aliphatic carbocycles. The van der Waals surface area contributed by atoms with Crippen molar-refractivity contribution in [1.82, 2.24) is 4.90 Å². The van der Waals surface area contributed by atoms with Crippen molar-refractivity contribution >= 4 is 12.1 Å². The molecule has 0 amide bonds. The lowest BCUT2D eigenvalue weighted by Crippen LogP contribution is -2.25. The molecule has 0 aromatic heterocycles.